The molecule has 1 saturated heterocycles. The van der Waals surface area contributed by atoms with Crippen LogP contribution in [0.4, 0.5) is 4.39 Å². The van der Waals surface area contributed by atoms with Gasteiger partial charge in [0.2, 0.25) is 15.9 Å². The maximum atomic E-state index is 13.9. The molecule has 1 aliphatic heterocycles. The molecule has 0 saturated carbocycles. The van der Waals surface area contributed by atoms with E-state index in [1.165, 1.54) is 35.0 Å². The van der Waals surface area contributed by atoms with Crippen LogP contribution in [0, 0.1) is 5.82 Å². The minimum atomic E-state index is -3.85. The Kier molecular flexibility index (Phi) is 4.33. The summed E-state index contributed by atoms with van der Waals surface area (Å²) >= 11 is 0. The Labute approximate surface area is 149 Å². The van der Waals surface area contributed by atoms with Crippen LogP contribution in [0.5, 0.6) is 0 Å². The topological polar surface area (TPSA) is 89.4 Å². The summed E-state index contributed by atoms with van der Waals surface area (Å²) in [5.74, 6) is 0.0748. The summed E-state index contributed by atoms with van der Waals surface area (Å²) in [4.78, 5) is -0.293. The van der Waals surface area contributed by atoms with Gasteiger partial charge >= 0.3 is 0 Å². The number of furan rings is 1. The first kappa shape index (κ1) is 16.9. The van der Waals surface area contributed by atoms with Crippen LogP contribution in [0.1, 0.15) is 24.7 Å². The Balaban J connectivity index is 1.47. The molecule has 1 aromatic carbocycles. The average Bonchev–Trinajstić information content (AvgIpc) is 3.33. The van der Waals surface area contributed by atoms with E-state index in [1.807, 2.05) is 0 Å². The lowest BCUT2D eigenvalue weighted by Crippen LogP contribution is -2.38. The van der Waals surface area contributed by atoms with Gasteiger partial charge < -0.3 is 8.83 Å². The van der Waals surface area contributed by atoms with Crippen LogP contribution in [0.25, 0.3) is 11.5 Å². The molecule has 0 N–H and O–H groups in total. The highest BCUT2D eigenvalue weighted by molar-refractivity contribution is 7.89. The molecular formula is C17H16FN3O4S. The molecule has 0 unspecified atom stereocenters. The van der Waals surface area contributed by atoms with Gasteiger partial charge in [-0.25, -0.2) is 12.8 Å². The SMILES string of the molecule is O=S(=O)(c1ccccc1F)N1CCC(c2nnc(-c3ccoc3)o2)CC1. The van der Waals surface area contributed by atoms with E-state index in [9.17, 15) is 12.8 Å². The van der Waals surface area contributed by atoms with Crippen LogP contribution < -0.4 is 0 Å². The highest BCUT2D eigenvalue weighted by Gasteiger charge is 2.33. The number of piperidine rings is 1. The van der Waals surface area contributed by atoms with E-state index in [2.05, 4.69) is 10.2 Å². The molecule has 4 rings (SSSR count). The van der Waals surface area contributed by atoms with Crippen molar-refractivity contribution in [1.29, 1.82) is 0 Å². The lowest BCUT2D eigenvalue weighted by atomic mass is 9.98. The van der Waals surface area contributed by atoms with Crippen molar-refractivity contribution in [2.75, 3.05) is 13.1 Å². The maximum Gasteiger partial charge on any atom is 0.250 e. The van der Waals surface area contributed by atoms with E-state index in [1.54, 1.807) is 6.07 Å². The second-order valence-corrected chi connectivity index (χ2v) is 7.97. The van der Waals surface area contributed by atoms with Crippen LogP contribution >= 0.6 is 0 Å². The predicted octanol–water partition coefficient (Wildman–Crippen LogP) is 3.04. The number of sulfonamides is 1. The van der Waals surface area contributed by atoms with Crippen molar-refractivity contribution in [2.45, 2.75) is 23.7 Å². The minimum absolute atomic E-state index is 0.0322. The van der Waals surface area contributed by atoms with Crippen LogP contribution in [0.15, 0.2) is 56.6 Å². The summed E-state index contributed by atoms with van der Waals surface area (Å²) in [6, 6.07) is 7.13. The Morgan fingerprint density at radius 2 is 1.88 bits per heavy atom. The van der Waals surface area contributed by atoms with Gasteiger partial charge in [0.05, 0.1) is 11.8 Å². The van der Waals surface area contributed by atoms with Gasteiger partial charge in [-0.3, -0.25) is 0 Å². The maximum absolute atomic E-state index is 13.9. The second kappa shape index (κ2) is 6.65. The van der Waals surface area contributed by atoms with Crippen molar-refractivity contribution in [1.82, 2.24) is 14.5 Å². The third-order valence-electron chi connectivity index (χ3n) is 4.47. The molecule has 26 heavy (non-hydrogen) atoms. The number of rotatable bonds is 4. The van der Waals surface area contributed by atoms with Gasteiger partial charge in [-0.1, -0.05) is 12.1 Å². The largest absolute Gasteiger partial charge is 0.472 e. The molecule has 0 amide bonds. The molecule has 7 nitrogen and oxygen atoms in total. The zero-order chi connectivity index (χ0) is 18.1. The fourth-order valence-corrected chi connectivity index (χ4v) is 4.57. The van der Waals surface area contributed by atoms with Gasteiger partial charge in [-0.15, -0.1) is 10.2 Å². The molecule has 1 aliphatic rings. The molecule has 3 aromatic rings. The molecule has 3 heterocycles. The summed E-state index contributed by atoms with van der Waals surface area (Å²) < 4.78 is 51.1. The molecule has 0 spiro atoms. The van der Waals surface area contributed by atoms with Gasteiger partial charge in [0.25, 0.3) is 5.89 Å². The smallest absolute Gasteiger partial charge is 0.250 e. The van der Waals surface area contributed by atoms with Crippen molar-refractivity contribution in [3.05, 3.63) is 54.6 Å². The number of nitrogens with zero attached hydrogens (tertiary/aromatic N) is 3. The number of hydrogen-bond donors (Lipinski definition) is 0. The lowest BCUT2D eigenvalue weighted by molar-refractivity contribution is 0.290. The van der Waals surface area contributed by atoms with Crippen LogP contribution in [-0.4, -0.2) is 36.0 Å². The quantitative estimate of drug-likeness (QED) is 0.694. The zero-order valence-electron chi connectivity index (χ0n) is 13.7. The van der Waals surface area contributed by atoms with Crippen molar-refractivity contribution < 1.29 is 21.6 Å². The van der Waals surface area contributed by atoms with E-state index in [4.69, 9.17) is 8.83 Å². The predicted molar refractivity (Wildman–Crippen MR) is 89.1 cm³/mol. The Hall–Kier alpha value is -2.52. The highest BCUT2D eigenvalue weighted by atomic mass is 32.2. The number of benzene rings is 1. The van der Waals surface area contributed by atoms with E-state index in [0.717, 1.165) is 6.07 Å². The van der Waals surface area contributed by atoms with Gasteiger partial charge in [-0.2, -0.15) is 4.31 Å². The molecule has 2 aromatic heterocycles. The van der Waals surface area contributed by atoms with Crippen molar-refractivity contribution >= 4 is 10.0 Å². The van der Waals surface area contributed by atoms with Crippen molar-refractivity contribution in [3.8, 4) is 11.5 Å². The van der Waals surface area contributed by atoms with Gasteiger partial charge in [-0.05, 0) is 31.0 Å². The average molecular weight is 377 g/mol. The fraction of sp³-hybridized carbons (Fsp3) is 0.294. The zero-order valence-corrected chi connectivity index (χ0v) is 14.5. The van der Waals surface area contributed by atoms with Crippen molar-refractivity contribution in [3.63, 3.8) is 0 Å². The monoisotopic (exact) mass is 377 g/mol. The van der Waals surface area contributed by atoms with Crippen molar-refractivity contribution in [2.24, 2.45) is 0 Å². The molecule has 9 heteroatoms. The Morgan fingerprint density at radius 3 is 2.58 bits per heavy atom. The van der Waals surface area contributed by atoms with Crippen LogP contribution in [0.2, 0.25) is 0 Å². The highest BCUT2D eigenvalue weighted by Crippen LogP contribution is 2.32. The van der Waals surface area contributed by atoms with Crippen LogP contribution in [-0.2, 0) is 10.0 Å². The number of hydrogen-bond acceptors (Lipinski definition) is 6. The molecule has 0 aliphatic carbocycles. The second-order valence-electron chi connectivity index (χ2n) is 6.07. The first-order chi connectivity index (χ1) is 12.6. The molecule has 0 radical (unpaired) electrons. The third-order valence-corrected chi connectivity index (χ3v) is 6.40. The van der Waals surface area contributed by atoms with Gasteiger partial charge in [0.1, 0.15) is 17.0 Å². The first-order valence-corrected chi connectivity index (χ1v) is 9.60. The first-order valence-electron chi connectivity index (χ1n) is 8.16. The normalized spacial score (nSPS) is 16.8. The summed E-state index contributed by atoms with van der Waals surface area (Å²) in [5, 5.41) is 8.07. The molecular weight excluding hydrogens is 361 g/mol. The standard InChI is InChI=1S/C17H16FN3O4S/c18-14-3-1-2-4-15(14)26(22,23)21-8-5-12(6-9-21)16-19-20-17(25-16)13-7-10-24-11-13/h1-4,7,10-12H,5-6,8-9H2. The summed E-state index contributed by atoms with van der Waals surface area (Å²) in [5.41, 5.74) is 0.698. The summed E-state index contributed by atoms with van der Waals surface area (Å²) in [6.45, 7) is 0.537. The van der Waals surface area contributed by atoms with Crippen LogP contribution in [0.3, 0.4) is 0 Å². The number of halogens is 1. The summed E-state index contributed by atoms with van der Waals surface area (Å²) in [7, 11) is -3.85. The Morgan fingerprint density at radius 1 is 1.12 bits per heavy atom. The minimum Gasteiger partial charge on any atom is -0.472 e. The Bertz CT molecular complexity index is 993. The molecule has 0 bridgehead atoms. The van der Waals surface area contributed by atoms with Gasteiger partial charge in [0, 0.05) is 19.0 Å². The fourth-order valence-electron chi connectivity index (χ4n) is 3.04. The number of aromatic nitrogens is 2. The lowest BCUT2D eigenvalue weighted by Gasteiger charge is -2.29. The van der Waals surface area contributed by atoms with E-state index in [-0.39, 0.29) is 23.9 Å². The summed E-state index contributed by atoms with van der Waals surface area (Å²) in [6.07, 6.45) is 4.09. The molecule has 1 fully saturated rings. The van der Waals surface area contributed by atoms with E-state index < -0.39 is 15.8 Å². The third kappa shape index (κ3) is 3.04. The molecule has 136 valence electrons. The van der Waals surface area contributed by atoms with E-state index >= 15 is 0 Å². The van der Waals surface area contributed by atoms with Gasteiger partial charge in [0.15, 0.2) is 0 Å². The molecule has 0 atom stereocenters. The van der Waals surface area contributed by atoms with E-state index in [0.29, 0.717) is 30.2 Å².